The molecule has 1 aliphatic heterocycles. The van der Waals surface area contributed by atoms with Gasteiger partial charge in [-0.25, -0.2) is 0 Å². The number of amides is 2. The lowest BCUT2D eigenvalue weighted by Gasteiger charge is -2.42. The first-order chi connectivity index (χ1) is 18.4. The summed E-state index contributed by atoms with van der Waals surface area (Å²) in [7, 11) is 0. The number of likely N-dealkylation sites (tertiary alicyclic amines) is 1. The number of ketones is 2. The van der Waals surface area contributed by atoms with Crippen LogP contribution in [0, 0.1) is 17.8 Å². The predicted molar refractivity (Wildman–Crippen MR) is 142 cm³/mol. The van der Waals surface area contributed by atoms with E-state index in [1.165, 1.54) is 6.08 Å². The topological polar surface area (TPSA) is 101 Å². The molecule has 4 unspecified atom stereocenters. The Morgan fingerprint density at radius 3 is 2.42 bits per heavy atom. The van der Waals surface area contributed by atoms with Crippen LogP contribution in [-0.2, 0) is 19.2 Å². The summed E-state index contributed by atoms with van der Waals surface area (Å²) < 4.78 is 5.74. The Bertz CT molecular complexity index is 1300. The largest absolute Gasteiger partial charge is 0.491 e. The summed E-state index contributed by atoms with van der Waals surface area (Å²) in [6.07, 6.45) is 9.03. The third-order valence-electron chi connectivity index (χ3n) is 8.88. The van der Waals surface area contributed by atoms with Gasteiger partial charge in [0.2, 0.25) is 11.8 Å². The first kappa shape index (κ1) is 25.4. The average molecular weight is 580 g/mol. The lowest BCUT2D eigenvalue weighted by atomic mass is 9.59. The van der Waals surface area contributed by atoms with Crippen LogP contribution in [0.5, 0.6) is 5.75 Å². The molecule has 2 fully saturated rings. The van der Waals surface area contributed by atoms with Crippen molar-refractivity contribution in [3.05, 3.63) is 63.2 Å². The molecule has 1 saturated carbocycles. The molecule has 1 aromatic carbocycles. The molecular weight excluding hydrogens is 550 g/mol. The minimum atomic E-state index is -0.513. The number of nitrogens with zero attached hydrogens (tertiary/aromatic N) is 1. The van der Waals surface area contributed by atoms with Crippen LogP contribution < -0.4 is 4.74 Å². The zero-order chi connectivity index (χ0) is 26.6. The van der Waals surface area contributed by atoms with Gasteiger partial charge in [-0.15, -0.1) is 0 Å². The van der Waals surface area contributed by atoms with Gasteiger partial charge in [0.1, 0.15) is 12.4 Å². The number of benzene rings is 1. The van der Waals surface area contributed by atoms with Gasteiger partial charge in [0, 0.05) is 29.2 Å². The number of allylic oxidation sites excluding steroid dienone is 6. The molecule has 4 aliphatic carbocycles. The summed E-state index contributed by atoms with van der Waals surface area (Å²) in [6.45, 7) is 0.0774. The number of Topliss-reactive ketones (excluding diaryl/α,β-unsaturated/α-hetero) is 1. The number of imide groups is 1. The van der Waals surface area contributed by atoms with E-state index < -0.39 is 17.8 Å². The van der Waals surface area contributed by atoms with Gasteiger partial charge in [-0.05, 0) is 65.2 Å². The van der Waals surface area contributed by atoms with Crippen molar-refractivity contribution < 1.29 is 29.0 Å². The van der Waals surface area contributed by atoms with E-state index in [4.69, 9.17) is 9.84 Å². The Balaban J connectivity index is 1.41. The molecule has 6 rings (SSSR count). The molecule has 1 heterocycles. The molecule has 1 saturated heterocycles. The van der Waals surface area contributed by atoms with E-state index in [-0.39, 0.29) is 59.5 Å². The first-order valence-corrected chi connectivity index (χ1v) is 14.3. The average Bonchev–Trinajstić information content (AvgIpc) is 3.19. The molecule has 38 heavy (non-hydrogen) atoms. The van der Waals surface area contributed by atoms with Crippen molar-refractivity contribution in [3.63, 3.8) is 0 Å². The van der Waals surface area contributed by atoms with Crippen molar-refractivity contribution in [2.45, 2.75) is 56.9 Å². The number of aliphatic hydroxyl groups excluding tert-OH is 1. The number of carbonyl (C=O) groups excluding carboxylic acids is 4. The maximum atomic E-state index is 13.9. The zero-order valence-corrected chi connectivity index (χ0v) is 22.6. The summed E-state index contributed by atoms with van der Waals surface area (Å²) in [6, 6.07) is 7.29. The standard InChI is InChI=1S/C30H30BrNO6/c31-23-15-24(34)27-22(28(23)35)14-21-19(25(27)16-6-8-18(9-7-16)38-13-12-33)10-11-20-26(21)30(37)32(29(20)36)17-4-2-1-3-5-17/h6-10,15,17,20-21,25-26,33H,1-5,11-14H2. The van der Waals surface area contributed by atoms with E-state index in [0.717, 1.165) is 43.2 Å². The fourth-order valence-electron chi connectivity index (χ4n) is 7.23. The Hall–Kier alpha value is -2.84. The van der Waals surface area contributed by atoms with Gasteiger partial charge in [0.05, 0.1) is 22.9 Å². The van der Waals surface area contributed by atoms with Crippen molar-refractivity contribution in [2.75, 3.05) is 13.2 Å². The molecule has 7 nitrogen and oxygen atoms in total. The van der Waals surface area contributed by atoms with Gasteiger partial charge in [-0.1, -0.05) is 43.0 Å². The number of carbonyl (C=O) groups is 4. The second-order valence-corrected chi connectivity index (χ2v) is 11.7. The van der Waals surface area contributed by atoms with Crippen LogP contribution in [0.2, 0.25) is 0 Å². The summed E-state index contributed by atoms with van der Waals surface area (Å²) in [5, 5.41) is 9.06. The van der Waals surface area contributed by atoms with Gasteiger partial charge in [0.15, 0.2) is 11.6 Å². The van der Waals surface area contributed by atoms with E-state index in [1.54, 1.807) is 17.0 Å². The van der Waals surface area contributed by atoms with Crippen molar-refractivity contribution in [3.8, 4) is 5.75 Å². The van der Waals surface area contributed by atoms with Crippen molar-refractivity contribution in [2.24, 2.45) is 17.8 Å². The minimum Gasteiger partial charge on any atom is -0.491 e. The van der Waals surface area contributed by atoms with Crippen LogP contribution >= 0.6 is 15.9 Å². The molecule has 198 valence electrons. The van der Waals surface area contributed by atoms with Gasteiger partial charge < -0.3 is 9.84 Å². The summed E-state index contributed by atoms with van der Waals surface area (Å²) in [5.74, 6) is -1.75. The lowest BCUT2D eigenvalue weighted by Crippen LogP contribution is -2.43. The van der Waals surface area contributed by atoms with Gasteiger partial charge in [-0.2, -0.15) is 0 Å². The Morgan fingerprint density at radius 1 is 0.974 bits per heavy atom. The molecule has 0 bridgehead atoms. The van der Waals surface area contributed by atoms with E-state index >= 15 is 0 Å². The second kappa shape index (κ2) is 10.0. The highest BCUT2D eigenvalue weighted by Crippen LogP contribution is 2.55. The van der Waals surface area contributed by atoms with Crippen LogP contribution in [0.4, 0.5) is 0 Å². The quantitative estimate of drug-likeness (QED) is 0.319. The van der Waals surface area contributed by atoms with Crippen molar-refractivity contribution >= 4 is 39.3 Å². The van der Waals surface area contributed by atoms with Crippen molar-refractivity contribution in [1.82, 2.24) is 4.90 Å². The molecule has 0 aromatic heterocycles. The van der Waals surface area contributed by atoms with Gasteiger partial charge in [-0.3, -0.25) is 24.1 Å². The molecular formula is C30H30BrNO6. The molecule has 2 amide bonds. The monoisotopic (exact) mass is 579 g/mol. The lowest BCUT2D eigenvalue weighted by molar-refractivity contribution is -0.143. The molecule has 1 aromatic rings. The van der Waals surface area contributed by atoms with Gasteiger partial charge in [0.25, 0.3) is 0 Å². The number of ether oxygens (including phenoxy) is 1. The van der Waals surface area contributed by atoms with E-state index in [1.807, 2.05) is 12.1 Å². The normalized spacial score (nSPS) is 29.6. The highest BCUT2D eigenvalue weighted by molar-refractivity contribution is 9.12. The molecule has 5 aliphatic rings. The SMILES string of the molecule is O=C1C=C(Br)C(=O)C2=C1C(c1ccc(OCCO)cc1)C1=CCC3C(=O)N(C4CCCCC4)C(=O)C3C1C2. The third kappa shape index (κ3) is 4.04. The van der Waals surface area contributed by atoms with Crippen LogP contribution in [-0.4, -0.2) is 52.6 Å². The first-order valence-electron chi connectivity index (χ1n) is 13.5. The predicted octanol–water partition coefficient (Wildman–Crippen LogP) is 4.15. The summed E-state index contributed by atoms with van der Waals surface area (Å²) in [5.41, 5.74) is 2.68. The Labute approximate surface area is 229 Å². The van der Waals surface area contributed by atoms with E-state index in [2.05, 4.69) is 22.0 Å². The number of hydrogen-bond donors (Lipinski definition) is 1. The second-order valence-electron chi connectivity index (χ2n) is 10.9. The molecule has 8 heteroatoms. The maximum Gasteiger partial charge on any atom is 0.233 e. The van der Waals surface area contributed by atoms with Crippen LogP contribution in [0.15, 0.2) is 57.6 Å². The fourth-order valence-corrected chi connectivity index (χ4v) is 7.68. The third-order valence-corrected chi connectivity index (χ3v) is 9.47. The number of halogens is 1. The van der Waals surface area contributed by atoms with Crippen LogP contribution in [0.3, 0.4) is 0 Å². The number of aliphatic hydroxyl groups is 1. The smallest absolute Gasteiger partial charge is 0.233 e. The van der Waals surface area contributed by atoms with Crippen molar-refractivity contribution in [1.29, 1.82) is 0 Å². The zero-order valence-electron chi connectivity index (χ0n) is 21.0. The highest BCUT2D eigenvalue weighted by atomic mass is 79.9. The maximum absolute atomic E-state index is 13.9. The Morgan fingerprint density at radius 2 is 1.71 bits per heavy atom. The molecule has 0 spiro atoms. The number of hydrogen-bond acceptors (Lipinski definition) is 6. The molecule has 4 atom stereocenters. The minimum absolute atomic E-state index is 0.0339. The molecule has 0 radical (unpaired) electrons. The molecule has 1 N–H and O–H groups in total. The number of fused-ring (bicyclic) bond motifs is 3. The fraction of sp³-hybridized carbons (Fsp3) is 0.467. The Kier molecular flexibility index (Phi) is 6.72. The van der Waals surface area contributed by atoms with Crippen LogP contribution in [0.1, 0.15) is 56.4 Å². The summed E-state index contributed by atoms with van der Waals surface area (Å²) >= 11 is 3.27. The highest BCUT2D eigenvalue weighted by Gasteiger charge is 2.57. The van der Waals surface area contributed by atoms with E-state index in [0.29, 0.717) is 23.3 Å². The van der Waals surface area contributed by atoms with Crippen LogP contribution in [0.25, 0.3) is 0 Å². The van der Waals surface area contributed by atoms with E-state index in [9.17, 15) is 19.2 Å². The van der Waals surface area contributed by atoms with Gasteiger partial charge >= 0.3 is 0 Å². The number of rotatable bonds is 5. The summed E-state index contributed by atoms with van der Waals surface area (Å²) in [4.78, 5) is 55.7.